The summed E-state index contributed by atoms with van der Waals surface area (Å²) in [4.78, 5) is 14.5. The van der Waals surface area contributed by atoms with Crippen LogP contribution in [0.15, 0.2) is 64.5 Å². The van der Waals surface area contributed by atoms with Crippen molar-refractivity contribution in [3.63, 3.8) is 0 Å². The van der Waals surface area contributed by atoms with E-state index in [1.54, 1.807) is 16.2 Å². The van der Waals surface area contributed by atoms with Crippen LogP contribution in [0.4, 0.5) is 5.69 Å². The third-order valence-electron chi connectivity index (χ3n) is 5.82. The van der Waals surface area contributed by atoms with Crippen LogP contribution in [0.25, 0.3) is 27.1 Å². The summed E-state index contributed by atoms with van der Waals surface area (Å²) in [6.07, 6.45) is 2.15. The quantitative estimate of drug-likeness (QED) is 0.278. The normalized spacial score (nSPS) is 14.8. The van der Waals surface area contributed by atoms with Gasteiger partial charge in [-0.2, -0.15) is 4.57 Å². The molecule has 5 rings (SSSR count). The van der Waals surface area contributed by atoms with Crippen LogP contribution in [0.3, 0.4) is 0 Å². The molecule has 1 aliphatic rings. The average Bonchev–Trinajstić information content (AvgIpc) is 3.31. The van der Waals surface area contributed by atoms with Gasteiger partial charge in [-0.05, 0) is 42.1 Å². The molecule has 0 fully saturated rings. The van der Waals surface area contributed by atoms with Crippen molar-refractivity contribution in [2.45, 2.75) is 24.8 Å². The summed E-state index contributed by atoms with van der Waals surface area (Å²) >= 11 is 3.07. The molecule has 4 aromatic rings. The average molecular weight is 527 g/mol. The Bertz CT molecular complexity index is 1610. The Kier molecular flexibility index (Phi) is 6.30. The number of thiazole rings is 1. The monoisotopic (exact) mass is 526 g/mol. The molecule has 0 atom stereocenters. The Morgan fingerprint density at radius 3 is 2.74 bits per heavy atom. The number of aromatic nitrogens is 1. The molecule has 0 saturated carbocycles. The van der Waals surface area contributed by atoms with Gasteiger partial charge in [-0.25, -0.2) is 8.42 Å². The first kappa shape index (κ1) is 23.8. The lowest BCUT2D eigenvalue weighted by Crippen LogP contribution is -2.36. The number of hydrogen-bond donors (Lipinski definition) is 1. The fourth-order valence-corrected chi connectivity index (χ4v) is 7.10. The van der Waals surface area contributed by atoms with Gasteiger partial charge in [0.15, 0.2) is 6.54 Å². The number of carbonyl (C=O) groups is 1. The van der Waals surface area contributed by atoms with Crippen LogP contribution >= 0.6 is 23.1 Å². The third kappa shape index (κ3) is 4.92. The van der Waals surface area contributed by atoms with Gasteiger partial charge in [0, 0.05) is 17.1 Å². The van der Waals surface area contributed by atoms with E-state index in [1.807, 2.05) is 66.1 Å². The topological polar surface area (TPSA) is 102 Å². The maximum absolute atomic E-state index is 11.7. The molecule has 2 heterocycles. The van der Waals surface area contributed by atoms with E-state index in [1.165, 1.54) is 11.8 Å². The number of carboxylic acids is 1. The first-order valence-electron chi connectivity index (χ1n) is 11.0. The summed E-state index contributed by atoms with van der Waals surface area (Å²) in [6, 6.07) is 18.1. The molecule has 1 aromatic heterocycles. The summed E-state index contributed by atoms with van der Waals surface area (Å²) in [5.74, 6) is -1.37. The second kappa shape index (κ2) is 9.27. The largest absolute Gasteiger partial charge is 0.748 e. The molecule has 10 heteroatoms. The molecule has 0 unspecified atom stereocenters. The van der Waals surface area contributed by atoms with Crippen LogP contribution in [-0.4, -0.2) is 36.3 Å². The van der Waals surface area contributed by atoms with Gasteiger partial charge in [-0.3, -0.25) is 4.79 Å². The van der Waals surface area contributed by atoms with E-state index in [2.05, 4.69) is 6.07 Å². The van der Waals surface area contributed by atoms with Crippen molar-refractivity contribution in [3.05, 3.63) is 70.2 Å². The van der Waals surface area contributed by atoms with E-state index >= 15 is 0 Å². The van der Waals surface area contributed by atoms with Crippen molar-refractivity contribution in [3.8, 4) is 0 Å². The molecule has 180 valence electrons. The summed E-state index contributed by atoms with van der Waals surface area (Å²) < 4.78 is 36.9. The van der Waals surface area contributed by atoms with E-state index in [4.69, 9.17) is 0 Å². The van der Waals surface area contributed by atoms with Crippen LogP contribution in [0.1, 0.15) is 17.0 Å². The number of thioether (sulfide) groups is 1. The zero-order valence-electron chi connectivity index (χ0n) is 18.8. The van der Waals surface area contributed by atoms with Gasteiger partial charge in [-0.1, -0.05) is 53.4 Å². The zero-order chi connectivity index (χ0) is 24.7. The van der Waals surface area contributed by atoms with Gasteiger partial charge < -0.3 is 14.6 Å². The van der Waals surface area contributed by atoms with E-state index in [0.717, 1.165) is 47.2 Å². The Hall–Kier alpha value is -2.92. The van der Waals surface area contributed by atoms with Gasteiger partial charge >= 0.3 is 5.97 Å². The van der Waals surface area contributed by atoms with Crippen molar-refractivity contribution in [2.75, 3.05) is 17.2 Å². The second-order valence-corrected chi connectivity index (χ2v) is 12.0. The highest BCUT2D eigenvalue weighted by Crippen LogP contribution is 2.47. The minimum Gasteiger partial charge on any atom is -0.748 e. The van der Waals surface area contributed by atoms with Crippen LogP contribution < -0.4 is 9.47 Å². The number of nitrogens with zero attached hydrogens (tertiary/aromatic N) is 2. The maximum atomic E-state index is 11.7. The van der Waals surface area contributed by atoms with Gasteiger partial charge in [0.1, 0.15) is 11.2 Å². The lowest BCUT2D eigenvalue weighted by molar-refractivity contribution is -0.667. The van der Waals surface area contributed by atoms with Crippen LogP contribution in [0.2, 0.25) is 0 Å². The Labute approximate surface area is 211 Å². The van der Waals surface area contributed by atoms with Gasteiger partial charge in [0.25, 0.3) is 5.01 Å². The highest BCUT2D eigenvalue weighted by atomic mass is 32.2. The highest BCUT2D eigenvalue weighted by molar-refractivity contribution is 8.03. The number of aliphatic carboxylic acids is 1. The molecule has 1 aliphatic heterocycles. The SMILES string of the molecule is Cc1ccc2c(c1)N(CC(=O)O)/C(=C/c1sc3ccc4ccccc4c3[n+]1CCCS(=O)(=O)[O-])S2. The predicted molar refractivity (Wildman–Crippen MR) is 139 cm³/mol. The number of aryl methyl sites for hydroxylation is 2. The first-order chi connectivity index (χ1) is 16.7. The summed E-state index contributed by atoms with van der Waals surface area (Å²) in [5, 5.41) is 13.3. The fourth-order valence-electron chi connectivity index (χ4n) is 4.33. The minimum absolute atomic E-state index is 0.169. The third-order valence-corrected chi connectivity index (χ3v) is 8.81. The number of anilines is 1. The van der Waals surface area contributed by atoms with Crippen molar-refractivity contribution in [2.24, 2.45) is 0 Å². The summed E-state index contributed by atoms with van der Waals surface area (Å²) in [5.41, 5.74) is 2.88. The van der Waals surface area contributed by atoms with Gasteiger partial charge in [0.05, 0.1) is 32.3 Å². The molecule has 0 spiro atoms. The van der Waals surface area contributed by atoms with Crippen molar-refractivity contribution in [1.82, 2.24) is 0 Å². The molecule has 0 bridgehead atoms. The van der Waals surface area contributed by atoms with E-state index < -0.39 is 21.8 Å². The van der Waals surface area contributed by atoms with Crippen LogP contribution in [-0.2, 0) is 21.5 Å². The molecule has 3 aromatic carbocycles. The molecular formula is C25H22N2O5S3. The Morgan fingerprint density at radius 1 is 1.17 bits per heavy atom. The first-order valence-corrected chi connectivity index (χ1v) is 14.2. The van der Waals surface area contributed by atoms with E-state index in [0.29, 0.717) is 6.54 Å². The standard InChI is InChI=1S/C25H22N2O5S3/c1-16-7-9-20-19(13-16)27(15-24(28)29)23(33-20)14-22-26(11-4-12-35(30,31)32)25-18-6-3-2-5-17(18)8-10-21(25)34-22/h2-3,5-10,13-14H,4,11-12,15H2,1H3,(H-,28,29,30,31,32). The molecule has 0 saturated heterocycles. The Balaban J connectivity index is 1.65. The second-order valence-electron chi connectivity index (χ2n) is 8.38. The summed E-state index contributed by atoms with van der Waals surface area (Å²) in [6.45, 7) is 2.16. The zero-order valence-corrected chi connectivity index (χ0v) is 21.3. The number of fused-ring (bicyclic) bond motifs is 4. The number of carboxylic acid groups (broad SMARTS) is 1. The van der Waals surface area contributed by atoms with Crippen molar-refractivity contribution in [1.29, 1.82) is 0 Å². The lowest BCUT2D eigenvalue weighted by Gasteiger charge is -2.17. The summed E-state index contributed by atoms with van der Waals surface area (Å²) in [7, 11) is -4.32. The van der Waals surface area contributed by atoms with Crippen molar-refractivity contribution >= 4 is 71.9 Å². The van der Waals surface area contributed by atoms with Crippen molar-refractivity contribution < 1.29 is 27.4 Å². The fraction of sp³-hybridized carbons (Fsp3) is 0.200. The van der Waals surface area contributed by atoms with Gasteiger partial charge in [0.2, 0.25) is 5.52 Å². The van der Waals surface area contributed by atoms with Crippen LogP contribution in [0, 0.1) is 6.92 Å². The van der Waals surface area contributed by atoms with Gasteiger partial charge in [-0.15, -0.1) is 0 Å². The number of hydrogen-bond acceptors (Lipinski definition) is 7. The molecule has 0 aliphatic carbocycles. The number of benzene rings is 3. The molecular weight excluding hydrogens is 504 g/mol. The molecule has 7 nitrogen and oxygen atoms in total. The number of rotatable bonds is 7. The highest BCUT2D eigenvalue weighted by Gasteiger charge is 2.30. The lowest BCUT2D eigenvalue weighted by atomic mass is 10.1. The maximum Gasteiger partial charge on any atom is 0.323 e. The van der Waals surface area contributed by atoms with E-state index in [-0.39, 0.29) is 13.0 Å². The predicted octanol–water partition coefficient (Wildman–Crippen LogP) is 4.58. The minimum atomic E-state index is -4.32. The molecule has 1 N–H and O–H groups in total. The molecule has 35 heavy (non-hydrogen) atoms. The molecule has 0 amide bonds. The van der Waals surface area contributed by atoms with E-state index in [9.17, 15) is 22.9 Å². The molecule has 0 radical (unpaired) electrons. The smallest absolute Gasteiger partial charge is 0.323 e. The Morgan fingerprint density at radius 2 is 1.97 bits per heavy atom. The van der Waals surface area contributed by atoms with Crippen LogP contribution in [0.5, 0.6) is 0 Å².